The second-order valence-electron chi connectivity index (χ2n) is 6.86. The number of nitrogens with one attached hydrogen (secondary N) is 1. The summed E-state index contributed by atoms with van der Waals surface area (Å²) in [5, 5.41) is 2.61. The van der Waals surface area contributed by atoms with Crippen molar-refractivity contribution < 1.29 is 14.3 Å². The number of hydrogen-bond acceptors (Lipinski definition) is 3. The fourth-order valence-corrected chi connectivity index (χ4v) is 2.98. The largest absolute Gasteiger partial charge is 0.483 e. The number of benzene rings is 2. The predicted molar refractivity (Wildman–Crippen MR) is 107 cm³/mol. The van der Waals surface area contributed by atoms with E-state index < -0.39 is 6.04 Å². The lowest BCUT2D eigenvalue weighted by atomic mass is 10.1. The first-order valence-electron chi connectivity index (χ1n) is 9.08. The molecule has 0 aliphatic heterocycles. The zero-order chi connectivity index (χ0) is 20.0. The van der Waals surface area contributed by atoms with E-state index in [4.69, 9.17) is 4.74 Å². The average molecular weight is 368 g/mol. The van der Waals surface area contributed by atoms with Crippen LogP contribution in [0.4, 0.5) is 0 Å². The molecule has 144 valence electrons. The third-order valence-electron chi connectivity index (χ3n) is 4.53. The highest BCUT2D eigenvalue weighted by atomic mass is 16.5. The zero-order valence-corrected chi connectivity index (χ0v) is 16.7. The average Bonchev–Trinajstić information content (AvgIpc) is 2.64. The Kier molecular flexibility index (Phi) is 6.99. The molecule has 1 unspecified atom stereocenters. The number of ether oxygens (including phenoxy) is 1. The van der Waals surface area contributed by atoms with Crippen molar-refractivity contribution in [3.63, 3.8) is 0 Å². The van der Waals surface area contributed by atoms with Crippen molar-refractivity contribution in [1.82, 2.24) is 10.2 Å². The summed E-state index contributed by atoms with van der Waals surface area (Å²) in [5.74, 6) is 0.243. The number of carbonyl (C=O) groups is 2. The van der Waals surface area contributed by atoms with E-state index in [-0.39, 0.29) is 18.4 Å². The number of hydrogen-bond donors (Lipinski definition) is 1. The van der Waals surface area contributed by atoms with Crippen LogP contribution < -0.4 is 10.1 Å². The van der Waals surface area contributed by atoms with E-state index in [0.717, 1.165) is 22.3 Å². The quantitative estimate of drug-likeness (QED) is 0.817. The van der Waals surface area contributed by atoms with Gasteiger partial charge in [-0.2, -0.15) is 0 Å². The van der Waals surface area contributed by atoms with Crippen LogP contribution in [0.5, 0.6) is 5.75 Å². The predicted octanol–water partition coefficient (Wildman–Crippen LogP) is 3.15. The number of likely N-dealkylation sites (N-methyl/N-ethyl adjacent to an activating group) is 1. The van der Waals surface area contributed by atoms with Gasteiger partial charge in [0.05, 0.1) is 0 Å². The van der Waals surface area contributed by atoms with Gasteiger partial charge in [0.2, 0.25) is 5.91 Å². The van der Waals surface area contributed by atoms with Crippen molar-refractivity contribution in [2.45, 2.75) is 40.3 Å². The van der Waals surface area contributed by atoms with Crippen molar-refractivity contribution in [2.24, 2.45) is 0 Å². The summed E-state index contributed by atoms with van der Waals surface area (Å²) >= 11 is 0. The second kappa shape index (κ2) is 9.21. The summed E-state index contributed by atoms with van der Waals surface area (Å²) in [7, 11) is 1.57. The van der Waals surface area contributed by atoms with Gasteiger partial charge >= 0.3 is 0 Å². The molecule has 0 aromatic heterocycles. The molecule has 0 bridgehead atoms. The summed E-state index contributed by atoms with van der Waals surface area (Å²) in [6, 6.07) is 13.2. The molecular weight excluding hydrogens is 340 g/mol. The molecule has 5 nitrogen and oxygen atoms in total. The van der Waals surface area contributed by atoms with E-state index in [9.17, 15) is 9.59 Å². The van der Waals surface area contributed by atoms with E-state index in [1.54, 1.807) is 18.9 Å². The van der Waals surface area contributed by atoms with E-state index in [1.807, 2.05) is 63.2 Å². The van der Waals surface area contributed by atoms with Gasteiger partial charge in [0, 0.05) is 13.6 Å². The van der Waals surface area contributed by atoms with Gasteiger partial charge in [0.25, 0.3) is 5.91 Å². The van der Waals surface area contributed by atoms with Gasteiger partial charge in [-0.05, 0) is 44.9 Å². The fraction of sp³-hybridized carbons (Fsp3) is 0.364. The van der Waals surface area contributed by atoms with Gasteiger partial charge < -0.3 is 15.0 Å². The highest BCUT2D eigenvalue weighted by Gasteiger charge is 2.26. The smallest absolute Gasteiger partial charge is 0.261 e. The Morgan fingerprint density at radius 1 is 1.07 bits per heavy atom. The van der Waals surface area contributed by atoms with Crippen molar-refractivity contribution in [3.8, 4) is 5.75 Å². The molecular formula is C22H28N2O3. The minimum Gasteiger partial charge on any atom is -0.483 e. The number of rotatable bonds is 7. The molecule has 0 radical (unpaired) electrons. The molecule has 2 aromatic rings. The lowest BCUT2D eigenvalue weighted by Gasteiger charge is -2.28. The van der Waals surface area contributed by atoms with Crippen LogP contribution in [0, 0.1) is 20.8 Å². The maximum absolute atomic E-state index is 12.9. The van der Waals surface area contributed by atoms with Crippen LogP contribution in [-0.2, 0) is 16.1 Å². The highest BCUT2D eigenvalue weighted by molar-refractivity contribution is 5.87. The molecule has 0 aliphatic rings. The van der Waals surface area contributed by atoms with E-state index in [2.05, 4.69) is 5.32 Å². The molecule has 0 fully saturated rings. The molecule has 0 spiro atoms. The minimum absolute atomic E-state index is 0.114. The monoisotopic (exact) mass is 368 g/mol. The Balaban J connectivity index is 2.15. The van der Waals surface area contributed by atoms with Crippen LogP contribution in [0.25, 0.3) is 0 Å². The summed E-state index contributed by atoms with van der Waals surface area (Å²) in [5.41, 5.74) is 4.21. The Morgan fingerprint density at radius 2 is 1.78 bits per heavy atom. The van der Waals surface area contributed by atoms with E-state index >= 15 is 0 Å². The highest BCUT2D eigenvalue weighted by Crippen LogP contribution is 2.19. The van der Waals surface area contributed by atoms with Crippen LogP contribution >= 0.6 is 0 Å². The summed E-state index contributed by atoms with van der Waals surface area (Å²) in [6.45, 7) is 7.92. The molecule has 5 heteroatoms. The lowest BCUT2D eigenvalue weighted by molar-refractivity contribution is -0.142. The van der Waals surface area contributed by atoms with E-state index in [0.29, 0.717) is 12.3 Å². The van der Waals surface area contributed by atoms with Crippen molar-refractivity contribution >= 4 is 11.8 Å². The first-order chi connectivity index (χ1) is 12.8. The van der Waals surface area contributed by atoms with Gasteiger partial charge in [0.15, 0.2) is 6.61 Å². The van der Waals surface area contributed by atoms with Crippen LogP contribution in [-0.4, -0.2) is 36.4 Å². The number of aryl methyl sites for hydroxylation is 3. The molecule has 0 saturated carbocycles. The molecule has 2 amide bonds. The van der Waals surface area contributed by atoms with Crippen LogP contribution in [0.2, 0.25) is 0 Å². The lowest BCUT2D eigenvalue weighted by Crippen LogP contribution is -2.48. The zero-order valence-electron chi connectivity index (χ0n) is 16.7. The maximum atomic E-state index is 12.9. The molecule has 1 atom stereocenters. The Labute approximate surface area is 161 Å². The number of amides is 2. The molecule has 1 N–H and O–H groups in total. The van der Waals surface area contributed by atoms with Crippen molar-refractivity contribution in [3.05, 3.63) is 64.7 Å². The topological polar surface area (TPSA) is 58.6 Å². The molecule has 2 rings (SSSR count). The van der Waals surface area contributed by atoms with Crippen LogP contribution in [0.3, 0.4) is 0 Å². The SMILES string of the molecule is CNC(=O)C(C)N(Cc1cccc(C)c1)C(=O)COc1ccc(C)cc1C. The summed E-state index contributed by atoms with van der Waals surface area (Å²) < 4.78 is 5.74. The van der Waals surface area contributed by atoms with Gasteiger partial charge in [-0.1, -0.05) is 47.5 Å². The number of carbonyl (C=O) groups excluding carboxylic acids is 2. The molecule has 2 aromatic carbocycles. The Bertz CT molecular complexity index is 817. The fourth-order valence-electron chi connectivity index (χ4n) is 2.98. The summed E-state index contributed by atoms with van der Waals surface area (Å²) in [4.78, 5) is 26.6. The normalized spacial score (nSPS) is 11.6. The Hall–Kier alpha value is -2.82. The summed E-state index contributed by atoms with van der Waals surface area (Å²) in [6.07, 6.45) is 0. The van der Waals surface area contributed by atoms with E-state index in [1.165, 1.54) is 0 Å². The first kappa shape index (κ1) is 20.5. The van der Waals surface area contributed by atoms with Crippen LogP contribution in [0.15, 0.2) is 42.5 Å². The third-order valence-corrected chi connectivity index (χ3v) is 4.53. The number of nitrogens with zero attached hydrogens (tertiary/aromatic N) is 1. The second-order valence-corrected chi connectivity index (χ2v) is 6.86. The maximum Gasteiger partial charge on any atom is 0.261 e. The molecule has 0 heterocycles. The Morgan fingerprint density at radius 3 is 2.41 bits per heavy atom. The molecule has 27 heavy (non-hydrogen) atoms. The van der Waals surface area contributed by atoms with Gasteiger partial charge in [-0.3, -0.25) is 9.59 Å². The molecule has 0 aliphatic carbocycles. The molecule has 0 saturated heterocycles. The van der Waals surface area contributed by atoms with Crippen molar-refractivity contribution in [1.29, 1.82) is 0 Å². The third kappa shape index (κ3) is 5.58. The van der Waals surface area contributed by atoms with Crippen LogP contribution in [0.1, 0.15) is 29.2 Å². The van der Waals surface area contributed by atoms with Crippen molar-refractivity contribution in [2.75, 3.05) is 13.7 Å². The standard InChI is InChI=1S/C22H28N2O3/c1-15-7-6-8-19(12-15)13-24(18(4)22(26)23-5)21(25)14-27-20-10-9-16(2)11-17(20)3/h6-12,18H,13-14H2,1-5H3,(H,23,26). The van der Waals surface area contributed by atoms with Gasteiger partial charge in [0.1, 0.15) is 11.8 Å². The first-order valence-corrected chi connectivity index (χ1v) is 9.08. The van der Waals surface area contributed by atoms with Gasteiger partial charge in [-0.25, -0.2) is 0 Å². The van der Waals surface area contributed by atoms with Gasteiger partial charge in [-0.15, -0.1) is 0 Å². The minimum atomic E-state index is -0.592.